The molecule has 0 radical (unpaired) electrons. The van der Waals surface area contributed by atoms with E-state index < -0.39 is 0 Å². The third-order valence-corrected chi connectivity index (χ3v) is 3.72. The molecule has 1 saturated heterocycles. The molecule has 1 atom stereocenters. The van der Waals surface area contributed by atoms with Gasteiger partial charge in [0.05, 0.1) is 0 Å². The molecule has 5 nitrogen and oxygen atoms in total. The van der Waals surface area contributed by atoms with E-state index in [0.717, 1.165) is 37.9 Å². The van der Waals surface area contributed by atoms with Crippen LogP contribution in [0.5, 0.6) is 0 Å². The van der Waals surface area contributed by atoms with E-state index in [1.54, 1.807) is 6.07 Å². The number of aromatic nitrogens is 1. The Balaban J connectivity index is 2.15. The summed E-state index contributed by atoms with van der Waals surface area (Å²) in [7, 11) is 0. The Bertz CT molecular complexity index is 476. The van der Waals surface area contributed by atoms with Crippen molar-refractivity contribution in [1.29, 1.82) is 0 Å². The maximum Gasteiger partial charge on any atom is 0.254 e. The summed E-state index contributed by atoms with van der Waals surface area (Å²) >= 11 is 0. The Morgan fingerprint density at radius 1 is 1.55 bits per heavy atom. The van der Waals surface area contributed by atoms with Crippen molar-refractivity contribution in [3.63, 3.8) is 0 Å². The van der Waals surface area contributed by atoms with Gasteiger partial charge in [-0.25, -0.2) is 4.98 Å². The van der Waals surface area contributed by atoms with E-state index in [4.69, 9.17) is 5.73 Å². The molecule has 0 bridgehead atoms. The molecule has 1 unspecified atom stereocenters. The van der Waals surface area contributed by atoms with Crippen molar-refractivity contribution in [2.75, 3.05) is 25.4 Å². The van der Waals surface area contributed by atoms with Crippen LogP contribution in [-0.2, 0) is 6.42 Å². The van der Waals surface area contributed by atoms with Gasteiger partial charge in [-0.05, 0) is 37.3 Å². The van der Waals surface area contributed by atoms with E-state index in [0.29, 0.717) is 17.9 Å². The molecule has 0 saturated carbocycles. The number of pyridine rings is 1. The molecule has 1 aliphatic heterocycles. The number of aliphatic hydroxyl groups is 1. The molecule has 20 heavy (non-hydrogen) atoms. The van der Waals surface area contributed by atoms with Crippen LogP contribution in [0.15, 0.2) is 12.1 Å². The van der Waals surface area contributed by atoms with Gasteiger partial charge >= 0.3 is 0 Å². The molecular weight excluding hydrogens is 254 g/mol. The topological polar surface area (TPSA) is 79.5 Å². The third kappa shape index (κ3) is 3.48. The van der Waals surface area contributed by atoms with Crippen LogP contribution in [0.4, 0.5) is 5.82 Å². The second kappa shape index (κ2) is 6.70. The minimum atomic E-state index is -0.00500. The largest absolute Gasteiger partial charge is 0.396 e. The van der Waals surface area contributed by atoms with E-state index in [1.807, 2.05) is 11.0 Å². The molecular formula is C15H23N3O2. The Hall–Kier alpha value is -1.62. The van der Waals surface area contributed by atoms with Gasteiger partial charge in [-0.15, -0.1) is 0 Å². The fourth-order valence-electron chi connectivity index (χ4n) is 2.70. The number of aliphatic hydroxyl groups excluding tert-OH is 1. The molecule has 5 heteroatoms. The lowest BCUT2D eigenvalue weighted by Gasteiger charge is -2.32. The molecule has 2 heterocycles. The Labute approximate surface area is 119 Å². The van der Waals surface area contributed by atoms with Gasteiger partial charge in [0.2, 0.25) is 0 Å². The van der Waals surface area contributed by atoms with E-state index in [2.05, 4.69) is 11.9 Å². The number of rotatable bonds is 4. The van der Waals surface area contributed by atoms with Gasteiger partial charge in [0.25, 0.3) is 5.91 Å². The number of hydrogen-bond acceptors (Lipinski definition) is 4. The molecule has 1 aromatic heterocycles. The Kier molecular flexibility index (Phi) is 4.95. The van der Waals surface area contributed by atoms with Gasteiger partial charge in [-0.1, -0.05) is 13.3 Å². The summed E-state index contributed by atoms with van der Waals surface area (Å²) in [6.45, 7) is 3.59. The zero-order chi connectivity index (χ0) is 14.5. The molecule has 2 rings (SSSR count). The number of nitrogens with zero attached hydrogens (tertiary/aromatic N) is 2. The van der Waals surface area contributed by atoms with Crippen molar-refractivity contribution >= 4 is 11.7 Å². The third-order valence-electron chi connectivity index (χ3n) is 3.72. The Morgan fingerprint density at radius 3 is 3.05 bits per heavy atom. The Morgan fingerprint density at radius 2 is 2.35 bits per heavy atom. The summed E-state index contributed by atoms with van der Waals surface area (Å²) in [5, 5.41) is 9.25. The van der Waals surface area contributed by atoms with Crippen molar-refractivity contribution in [2.45, 2.75) is 32.6 Å². The summed E-state index contributed by atoms with van der Waals surface area (Å²) in [6.07, 6.45) is 3.73. The number of carbonyl (C=O) groups is 1. The van der Waals surface area contributed by atoms with Gasteiger partial charge in [-0.2, -0.15) is 0 Å². The molecule has 0 aromatic carbocycles. The highest BCUT2D eigenvalue weighted by Gasteiger charge is 2.24. The lowest BCUT2D eigenvalue weighted by molar-refractivity contribution is 0.0620. The molecule has 1 amide bonds. The number of nitrogen functional groups attached to an aromatic ring is 1. The number of hydrogen-bond donors (Lipinski definition) is 2. The summed E-state index contributed by atoms with van der Waals surface area (Å²) in [5.41, 5.74) is 7.27. The number of piperidine rings is 1. The van der Waals surface area contributed by atoms with Crippen molar-refractivity contribution in [2.24, 2.45) is 5.92 Å². The highest BCUT2D eigenvalue weighted by molar-refractivity contribution is 5.95. The number of likely N-dealkylation sites (tertiary alicyclic amines) is 1. The zero-order valence-electron chi connectivity index (χ0n) is 12.0. The van der Waals surface area contributed by atoms with Crippen LogP contribution in [0.25, 0.3) is 0 Å². The maximum atomic E-state index is 12.5. The smallest absolute Gasteiger partial charge is 0.254 e. The second-order valence-corrected chi connectivity index (χ2v) is 5.46. The predicted octanol–water partition coefficient (Wildman–Crippen LogP) is 1.46. The first-order chi connectivity index (χ1) is 9.63. The van der Waals surface area contributed by atoms with Crippen LogP contribution < -0.4 is 5.73 Å². The van der Waals surface area contributed by atoms with Gasteiger partial charge < -0.3 is 15.7 Å². The normalized spacial score (nSPS) is 19.1. The van der Waals surface area contributed by atoms with Crippen LogP contribution in [0.1, 0.15) is 42.2 Å². The quantitative estimate of drug-likeness (QED) is 0.873. The minimum Gasteiger partial charge on any atom is -0.396 e. The number of aryl methyl sites for hydroxylation is 1. The fourth-order valence-corrected chi connectivity index (χ4v) is 2.70. The lowest BCUT2D eigenvalue weighted by atomic mass is 9.98. The van der Waals surface area contributed by atoms with Crippen molar-refractivity contribution in [3.8, 4) is 0 Å². The lowest BCUT2D eigenvalue weighted by Crippen LogP contribution is -2.41. The molecule has 110 valence electrons. The molecule has 3 N–H and O–H groups in total. The SMILES string of the molecule is CCCc1cc(C(=O)N2CCCC(CO)C2)cc(N)n1. The number of amides is 1. The predicted molar refractivity (Wildman–Crippen MR) is 78.4 cm³/mol. The van der Waals surface area contributed by atoms with E-state index in [9.17, 15) is 9.90 Å². The van der Waals surface area contributed by atoms with Crippen molar-refractivity contribution in [3.05, 3.63) is 23.4 Å². The fraction of sp³-hybridized carbons (Fsp3) is 0.600. The van der Waals surface area contributed by atoms with Gasteiger partial charge in [0.15, 0.2) is 0 Å². The summed E-state index contributed by atoms with van der Waals surface area (Å²) in [6, 6.07) is 3.48. The standard InChI is InChI=1S/C15H23N3O2/c1-2-4-13-7-12(8-14(16)17-13)15(20)18-6-3-5-11(9-18)10-19/h7-8,11,19H,2-6,9-10H2,1H3,(H2,16,17). The molecule has 0 aliphatic carbocycles. The van der Waals surface area contributed by atoms with E-state index in [-0.39, 0.29) is 18.4 Å². The maximum absolute atomic E-state index is 12.5. The van der Waals surface area contributed by atoms with Gasteiger partial charge in [-0.3, -0.25) is 4.79 Å². The van der Waals surface area contributed by atoms with Crippen LogP contribution in [0.2, 0.25) is 0 Å². The highest BCUT2D eigenvalue weighted by atomic mass is 16.3. The van der Waals surface area contributed by atoms with Crippen LogP contribution in [0, 0.1) is 5.92 Å². The molecule has 1 aromatic rings. The van der Waals surface area contributed by atoms with Crippen LogP contribution in [0.3, 0.4) is 0 Å². The molecule has 0 spiro atoms. The monoisotopic (exact) mass is 277 g/mol. The number of nitrogens with two attached hydrogens (primary N) is 1. The summed E-state index contributed by atoms with van der Waals surface area (Å²) in [4.78, 5) is 18.6. The molecule has 1 aliphatic rings. The van der Waals surface area contributed by atoms with Gasteiger partial charge in [0.1, 0.15) is 5.82 Å². The van der Waals surface area contributed by atoms with Crippen LogP contribution in [-0.4, -0.2) is 40.6 Å². The first-order valence-electron chi connectivity index (χ1n) is 7.30. The average Bonchev–Trinajstić information content (AvgIpc) is 2.46. The number of carbonyl (C=O) groups excluding carboxylic acids is 1. The van der Waals surface area contributed by atoms with Gasteiger partial charge in [0, 0.05) is 31.0 Å². The number of anilines is 1. The van der Waals surface area contributed by atoms with E-state index in [1.165, 1.54) is 0 Å². The minimum absolute atomic E-state index is 0.00500. The van der Waals surface area contributed by atoms with Crippen LogP contribution >= 0.6 is 0 Å². The first kappa shape index (κ1) is 14.8. The summed E-state index contributed by atoms with van der Waals surface area (Å²) < 4.78 is 0. The highest BCUT2D eigenvalue weighted by Crippen LogP contribution is 2.19. The average molecular weight is 277 g/mol. The summed E-state index contributed by atoms with van der Waals surface area (Å²) in [5.74, 6) is 0.589. The first-order valence-corrected chi connectivity index (χ1v) is 7.30. The van der Waals surface area contributed by atoms with Crippen molar-refractivity contribution < 1.29 is 9.90 Å². The van der Waals surface area contributed by atoms with E-state index >= 15 is 0 Å². The van der Waals surface area contributed by atoms with Crippen molar-refractivity contribution in [1.82, 2.24) is 9.88 Å². The second-order valence-electron chi connectivity index (χ2n) is 5.46. The zero-order valence-corrected chi connectivity index (χ0v) is 12.0. The molecule has 1 fully saturated rings.